The molecule has 2 rings (SSSR count). The fourth-order valence-electron chi connectivity index (χ4n) is 1.98. The quantitative estimate of drug-likeness (QED) is 0.932. The number of amides is 1. The molecule has 1 aliphatic rings. The third-order valence-corrected chi connectivity index (χ3v) is 3.64. The number of carbonyl (C=O) groups excluding carboxylic acids is 1. The topological polar surface area (TPSA) is 56.1 Å². The predicted octanol–water partition coefficient (Wildman–Crippen LogP) is 2.36. The van der Waals surface area contributed by atoms with Gasteiger partial charge in [0.1, 0.15) is 0 Å². The molecule has 1 heterocycles. The number of carbonyl (C=O) groups is 1. The highest BCUT2D eigenvalue weighted by molar-refractivity contribution is 9.10. The van der Waals surface area contributed by atoms with Crippen LogP contribution in [0.15, 0.2) is 22.7 Å². The van der Waals surface area contributed by atoms with Crippen molar-refractivity contribution in [3.05, 3.63) is 28.2 Å². The molecular formula is C13H14BrN3O. The summed E-state index contributed by atoms with van der Waals surface area (Å²) in [5.41, 5.74) is 1.43. The molecule has 0 spiro atoms. The Balaban J connectivity index is 1.94. The molecule has 5 heteroatoms. The molecule has 1 fully saturated rings. The average Bonchev–Trinajstić information content (AvgIpc) is 2.90. The smallest absolute Gasteiger partial charge is 0.241 e. The third kappa shape index (κ3) is 3.02. The van der Waals surface area contributed by atoms with E-state index in [0.717, 1.165) is 36.1 Å². The molecule has 0 aliphatic carbocycles. The van der Waals surface area contributed by atoms with Crippen LogP contribution in [0.2, 0.25) is 0 Å². The highest BCUT2D eigenvalue weighted by atomic mass is 79.9. The molecule has 1 aromatic rings. The monoisotopic (exact) mass is 307 g/mol. The Kier molecular flexibility index (Phi) is 4.21. The Morgan fingerprint density at radius 1 is 1.44 bits per heavy atom. The first-order valence-electron chi connectivity index (χ1n) is 5.92. The number of anilines is 1. The van der Waals surface area contributed by atoms with E-state index in [4.69, 9.17) is 5.26 Å². The van der Waals surface area contributed by atoms with Crippen LogP contribution in [0.25, 0.3) is 0 Å². The Bertz CT molecular complexity index is 489. The summed E-state index contributed by atoms with van der Waals surface area (Å²) in [6.45, 7) is 2.04. The minimum atomic E-state index is 0.128. The van der Waals surface area contributed by atoms with Crippen molar-refractivity contribution in [1.82, 2.24) is 4.90 Å². The van der Waals surface area contributed by atoms with Gasteiger partial charge in [0, 0.05) is 23.2 Å². The van der Waals surface area contributed by atoms with E-state index in [1.54, 1.807) is 18.2 Å². The first-order valence-corrected chi connectivity index (χ1v) is 6.71. The van der Waals surface area contributed by atoms with Gasteiger partial charge in [-0.1, -0.05) is 0 Å². The van der Waals surface area contributed by atoms with E-state index in [1.807, 2.05) is 4.90 Å². The zero-order valence-corrected chi connectivity index (χ0v) is 11.5. The molecule has 1 amide bonds. The fraction of sp³-hybridized carbons (Fsp3) is 0.385. The van der Waals surface area contributed by atoms with Crippen LogP contribution in [-0.2, 0) is 4.79 Å². The summed E-state index contributed by atoms with van der Waals surface area (Å²) in [4.78, 5) is 13.7. The van der Waals surface area contributed by atoms with E-state index >= 15 is 0 Å². The highest BCUT2D eigenvalue weighted by Crippen LogP contribution is 2.23. The molecule has 1 saturated heterocycles. The van der Waals surface area contributed by atoms with Crippen LogP contribution in [0.4, 0.5) is 5.69 Å². The number of nitrogens with zero attached hydrogens (tertiary/aromatic N) is 2. The summed E-state index contributed by atoms with van der Waals surface area (Å²) in [7, 11) is 0. The maximum absolute atomic E-state index is 11.8. The highest BCUT2D eigenvalue weighted by Gasteiger charge is 2.17. The van der Waals surface area contributed by atoms with Crippen molar-refractivity contribution in [2.75, 3.05) is 25.0 Å². The Morgan fingerprint density at radius 2 is 2.17 bits per heavy atom. The minimum Gasteiger partial charge on any atom is -0.375 e. The van der Waals surface area contributed by atoms with Gasteiger partial charge >= 0.3 is 0 Å². The van der Waals surface area contributed by atoms with Crippen molar-refractivity contribution < 1.29 is 4.79 Å². The van der Waals surface area contributed by atoms with Gasteiger partial charge in [-0.05, 0) is 47.0 Å². The van der Waals surface area contributed by atoms with Gasteiger partial charge < -0.3 is 10.2 Å². The van der Waals surface area contributed by atoms with Gasteiger partial charge in [-0.2, -0.15) is 5.26 Å². The van der Waals surface area contributed by atoms with Crippen LogP contribution < -0.4 is 5.32 Å². The van der Waals surface area contributed by atoms with Crippen molar-refractivity contribution in [2.45, 2.75) is 12.8 Å². The average molecular weight is 308 g/mol. The summed E-state index contributed by atoms with van der Waals surface area (Å²) in [6.07, 6.45) is 2.21. The minimum absolute atomic E-state index is 0.128. The van der Waals surface area contributed by atoms with Crippen molar-refractivity contribution in [2.24, 2.45) is 0 Å². The molecule has 1 aliphatic heterocycles. The lowest BCUT2D eigenvalue weighted by molar-refractivity contribution is -0.128. The summed E-state index contributed by atoms with van der Waals surface area (Å²) in [6, 6.07) is 7.35. The molecule has 0 aromatic heterocycles. The lowest BCUT2D eigenvalue weighted by atomic mass is 10.2. The predicted molar refractivity (Wildman–Crippen MR) is 73.2 cm³/mol. The molecule has 1 aromatic carbocycles. The van der Waals surface area contributed by atoms with E-state index in [1.165, 1.54) is 0 Å². The van der Waals surface area contributed by atoms with Crippen LogP contribution in [0, 0.1) is 11.3 Å². The van der Waals surface area contributed by atoms with Crippen molar-refractivity contribution in [3.8, 4) is 6.07 Å². The van der Waals surface area contributed by atoms with Crippen LogP contribution in [0.1, 0.15) is 18.4 Å². The normalized spacial score (nSPS) is 14.3. The lowest BCUT2D eigenvalue weighted by Crippen LogP contribution is -2.33. The number of hydrogen-bond donors (Lipinski definition) is 1. The number of halogens is 1. The number of hydrogen-bond acceptors (Lipinski definition) is 3. The first kappa shape index (κ1) is 12.9. The van der Waals surface area contributed by atoms with Gasteiger partial charge in [0.05, 0.1) is 18.2 Å². The Hall–Kier alpha value is -1.54. The fourth-order valence-corrected chi connectivity index (χ4v) is 2.50. The van der Waals surface area contributed by atoms with Crippen LogP contribution in [0.3, 0.4) is 0 Å². The molecule has 0 saturated carbocycles. The summed E-state index contributed by atoms with van der Waals surface area (Å²) < 4.78 is 0.802. The zero-order chi connectivity index (χ0) is 13.0. The number of nitrogens with one attached hydrogen (secondary N) is 1. The number of likely N-dealkylation sites (tertiary alicyclic amines) is 1. The third-order valence-electron chi connectivity index (χ3n) is 2.99. The zero-order valence-electron chi connectivity index (χ0n) is 9.95. The van der Waals surface area contributed by atoms with Crippen molar-refractivity contribution in [1.29, 1.82) is 5.26 Å². The Labute approximate surface area is 115 Å². The molecule has 0 bridgehead atoms. The number of benzene rings is 1. The van der Waals surface area contributed by atoms with Crippen molar-refractivity contribution >= 4 is 27.5 Å². The van der Waals surface area contributed by atoms with Gasteiger partial charge in [-0.15, -0.1) is 0 Å². The summed E-state index contributed by atoms with van der Waals surface area (Å²) in [5, 5.41) is 11.9. The van der Waals surface area contributed by atoms with Crippen molar-refractivity contribution in [3.63, 3.8) is 0 Å². The van der Waals surface area contributed by atoms with Gasteiger partial charge in [0.25, 0.3) is 0 Å². The van der Waals surface area contributed by atoms with Gasteiger partial charge in [0.2, 0.25) is 5.91 Å². The van der Waals surface area contributed by atoms with Gasteiger partial charge in [-0.25, -0.2) is 0 Å². The lowest BCUT2D eigenvalue weighted by Gasteiger charge is -2.16. The molecule has 18 heavy (non-hydrogen) atoms. The van der Waals surface area contributed by atoms with E-state index < -0.39 is 0 Å². The van der Waals surface area contributed by atoms with E-state index in [0.29, 0.717) is 12.1 Å². The molecule has 94 valence electrons. The molecule has 4 nitrogen and oxygen atoms in total. The first-order chi connectivity index (χ1) is 8.70. The standard InChI is InChI=1S/C13H14BrN3O/c14-11-7-10(8-15)3-4-12(11)16-9-13(18)17-5-1-2-6-17/h3-4,7,16H,1-2,5-6,9H2. The number of nitriles is 1. The van der Waals surface area contributed by atoms with Crippen LogP contribution in [0.5, 0.6) is 0 Å². The molecule has 0 unspecified atom stereocenters. The molecular weight excluding hydrogens is 294 g/mol. The maximum atomic E-state index is 11.8. The number of rotatable bonds is 3. The second kappa shape index (κ2) is 5.87. The Morgan fingerprint density at radius 3 is 2.78 bits per heavy atom. The largest absolute Gasteiger partial charge is 0.375 e. The summed E-state index contributed by atoms with van der Waals surface area (Å²) in [5.74, 6) is 0.128. The van der Waals surface area contributed by atoms with E-state index in [-0.39, 0.29) is 5.91 Å². The second-order valence-corrected chi connectivity index (χ2v) is 5.10. The summed E-state index contributed by atoms with van der Waals surface area (Å²) >= 11 is 3.38. The maximum Gasteiger partial charge on any atom is 0.241 e. The van der Waals surface area contributed by atoms with Gasteiger partial charge in [-0.3, -0.25) is 4.79 Å². The van der Waals surface area contributed by atoms with Gasteiger partial charge in [0.15, 0.2) is 0 Å². The van der Waals surface area contributed by atoms with E-state index in [2.05, 4.69) is 27.3 Å². The SMILES string of the molecule is N#Cc1ccc(NCC(=O)N2CCCC2)c(Br)c1. The molecule has 0 radical (unpaired) electrons. The second-order valence-electron chi connectivity index (χ2n) is 4.25. The molecule has 0 atom stereocenters. The van der Waals surface area contributed by atoms with Crippen LogP contribution >= 0.6 is 15.9 Å². The molecule has 1 N–H and O–H groups in total. The van der Waals surface area contributed by atoms with Crippen LogP contribution in [-0.4, -0.2) is 30.4 Å². The van der Waals surface area contributed by atoms with E-state index in [9.17, 15) is 4.79 Å².